The zero-order valence-electron chi connectivity index (χ0n) is 12.1. The molecule has 0 aliphatic carbocycles. The predicted molar refractivity (Wildman–Crippen MR) is 82.0 cm³/mol. The fourth-order valence-electron chi connectivity index (χ4n) is 1.79. The lowest BCUT2D eigenvalue weighted by atomic mass is 9.98. The van der Waals surface area contributed by atoms with Crippen LogP contribution in [0.25, 0.3) is 0 Å². The predicted octanol–water partition coefficient (Wildman–Crippen LogP) is 4.68. The molecule has 18 heavy (non-hydrogen) atoms. The Morgan fingerprint density at radius 1 is 1.33 bits per heavy atom. The van der Waals surface area contributed by atoms with Gasteiger partial charge in [-0.15, -0.1) is 0 Å². The highest BCUT2D eigenvalue weighted by atomic mass is 33.1. The van der Waals surface area contributed by atoms with Gasteiger partial charge in [0, 0.05) is 16.9 Å². The first-order valence-corrected chi connectivity index (χ1v) is 9.09. The van der Waals surface area contributed by atoms with Gasteiger partial charge in [0.2, 0.25) is 0 Å². The molecule has 0 aromatic carbocycles. The number of rotatable bonds is 6. The minimum atomic E-state index is -0.0384. The zero-order chi connectivity index (χ0) is 13.6. The highest BCUT2D eigenvalue weighted by Gasteiger charge is 2.29. The summed E-state index contributed by atoms with van der Waals surface area (Å²) in [5, 5.41) is 0. The Hall–Kier alpha value is 0.170. The summed E-state index contributed by atoms with van der Waals surface area (Å²) in [5.74, 6) is 1.23. The number of hydrogen-bond acceptors (Lipinski definition) is 4. The summed E-state index contributed by atoms with van der Waals surface area (Å²) in [6.45, 7) is 9.11. The van der Waals surface area contributed by atoms with Crippen LogP contribution < -0.4 is 0 Å². The minimum absolute atomic E-state index is 0.0384. The Balaban J connectivity index is 2.05. The number of unbranched alkanes of at least 4 members (excludes halogenated alkanes) is 1. The van der Waals surface area contributed by atoms with E-state index in [1.807, 2.05) is 21.6 Å². The lowest BCUT2D eigenvalue weighted by Gasteiger charge is -2.21. The quantitative estimate of drug-likeness (QED) is 0.403. The molecule has 2 nitrogen and oxygen atoms in total. The van der Waals surface area contributed by atoms with Crippen LogP contribution in [0.4, 0.5) is 0 Å². The molecule has 1 heterocycles. The van der Waals surface area contributed by atoms with Gasteiger partial charge in [0.15, 0.2) is 0 Å². The second-order valence-corrected chi connectivity index (χ2v) is 9.54. The molecule has 0 aromatic heterocycles. The summed E-state index contributed by atoms with van der Waals surface area (Å²) < 4.78 is 5.70. The average Bonchev–Trinajstić information content (AvgIpc) is 2.68. The molecule has 1 aliphatic heterocycles. The van der Waals surface area contributed by atoms with E-state index < -0.39 is 0 Å². The van der Waals surface area contributed by atoms with Gasteiger partial charge in [-0.05, 0) is 31.6 Å². The molecule has 0 spiro atoms. The lowest BCUT2D eigenvalue weighted by molar-refractivity contribution is -0.146. The summed E-state index contributed by atoms with van der Waals surface area (Å²) in [6.07, 6.45) is 5.19. The maximum Gasteiger partial charge on any atom is 0.305 e. The van der Waals surface area contributed by atoms with Gasteiger partial charge >= 0.3 is 5.97 Å². The first-order valence-electron chi connectivity index (χ1n) is 6.77. The molecule has 1 aliphatic rings. The van der Waals surface area contributed by atoms with Crippen molar-refractivity contribution in [1.82, 2.24) is 0 Å². The van der Waals surface area contributed by atoms with E-state index in [-0.39, 0.29) is 11.4 Å². The Kier molecular flexibility index (Phi) is 6.39. The van der Waals surface area contributed by atoms with E-state index in [0.717, 1.165) is 12.8 Å². The average molecular weight is 290 g/mol. The maximum absolute atomic E-state index is 11.5. The Labute approximate surface area is 119 Å². The van der Waals surface area contributed by atoms with Crippen molar-refractivity contribution < 1.29 is 9.53 Å². The summed E-state index contributed by atoms with van der Waals surface area (Å²) in [4.78, 5) is 11.5. The van der Waals surface area contributed by atoms with Crippen molar-refractivity contribution in [3.05, 3.63) is 0 Å². The van der Waals surface area contributed by atoms with Crippen LogP contribution in [-0.4, -0.2) is 23.1 Å². The van der Waals surface area contributed by atoms with Gasteiger partial charge in [-0.2, -0.15) is 0 Å². The number of ether oxygens (including phenoxy) is 1. The van der Waals surface area contributed by atoms with Crippen LogP contribution in [0.2, 0.25) is 0 Å². The fourth-order valence-corrected chi connectivity index (χ4v) is 5.08. The number of esters is 1. The van der Waals surface area contributed by atoms with Crippen LogP contribution in [0.3, 0.4) is 0 Å². The van der Waals surface area contributed by atoms with Crippen LogP contribution in [0.5, 0.6) is 0 Å². The van der Waals surface area contributed by atoms with Gasteiger partial charge in [-0.1, -0.05) is 48.8 Å². The molecule has 1 rings (SSSR count). The van der Waals surface area contributed by atoms with E-state index in [4.69, 9.17) is 4.74 Å². The molecule has 1 saturated heterocycles. The summed E-state index contributed by atoms with van der Waals surface area (Å²) in [6, 6.07) is 0. The van der Waals surface area contributed by atoms with Crippen LogP contribution in [0.1, 0.15) is 59.8 Å². The van der Waals surface area contributed by atoms with Gasteiger partial charge in [0.05, 0.1) is 6.61 Å². The molecule has 0 radical (unpaired) electrons. The topological polar surface area (TPSA) is 26.3 Å². The molecule has 106 valence electrons. The molecule has 0 N–H and O–H groups in total. The second-order valence-electron chi connectivity index (χ2n) is 6.53. The fraction of sp³-hybridized carbons (Fsp3) is 0.929. The maximum atomic E-state index is 11.5. The summed E-state index contributed by atoms with van der Waals surface area (Å²) >= 11 is 0. The third-order valence-corrected chi connectivity index (χ3v) is 6.34. The Morgan fingerprint density at radius 3 is 2.61 bits per heavy atom. The molecular weight excluding hydrogens is 264 g/mol. The molecule has 0 unspecified atom stereocenters. The van der Waals surface area contributed by atoms with Crippen LogP contribution in [-0.2, 0) is 9.53 Å². The highest BCUT2D eigenvalue weighted by molar-refractivity contribution is 8.77. The first kappa shape index (κ1) is 16.2. The van der Waals surface area contributed by atoms with Crippen molar-refractivity contribution in [2.24, 2.45) is 5.41 Å². The van der Waals surface area contributed by atoms with Crippen LogP contribution in [0.15, 0.2) is 0 Å². The molecular formula is C14H26O2S2. The summed E-state index contributed by atoms with van der Waals surface area (Å²) in [5.41, 5.74) is 0.0703. The first-order chi connectivity index (χ1) is 8.31. The molecule has 0 bridgehead atoms. The zero-order valence-corrected chi connectivity index (χ0v) is 13.7. The molecule has 0 saturated carbocycles. The van der Waals surface area contributed by atoms with E-state index in [2.05, 4.69) is 27.7 Å². The number of carbonyl (C=O) groups is 1. The van der Waals surface area contributed by atoms with E-state index in [1.165, 1.54) is 18.6 Å². The highest BCUT2D eigenvalue weighted by Crippen LogP contribution is 2.49. The monoisotopic (exact) mass is 290 g/mol. The van der Waals surface area contributed by atoms with Gasteiger partial charge in [-0.25, -0.2) is 0 Å². The molecule has 1 fully saturated rings. The SMILES string of the molecule is CC(C)(C)COC(=O)CCCC[C@]1(C)CCSS1. The normalized spacial score (nSPS) is 24.2. The van der Waals surface area contributed by atoms with E-state index in [9.17, 15) is 4.79 Å². The number of carbonyl (C=O) groups excluding carboxylic acids is 1. The van der Waals surface area contributed by atoms with Gasteiger partial charge in [0.1, 0.15) is 0 Å². The minimum Gasteiger partial charge on any atom is -0.465 e. The van der Waals surface area contributed by atoms with Gasteiger partial charge < -0.3 is 4.74 Å². The third-order valence-electron chi connectivity index (χ3n) is 2.98. The van der Waals surface area contributed by atoms with E-state index >= 15 is 0 Å². The standard InChI is InChI=1S/C14H26O2S2/c1-13(2,3)11-16-12(15)7-5-6-8-14(4)9-10-17-18-14/h5-11H2,1-4H3/t14-/m1/s1. The van der Waals surface area contributed by atoms with Crippen molar-refractivity contribution in [2.45, 2.75) is 64.5 Å². The van der Waals surface area contributed by atoms with E-state index in [0.29, 0.717) is 17.8 Å². The molecule has 0 aromatic rings. The Bertz CT molecular complexity index is 265. The van der Waals surface area contributed by atoms with E-state index in [1.54, 1.807) is 0 Å². The van der Waals surface area contributed by atoms with Crippen molar-refractivity contribution in [2.75, 3.05) is 12.4 Å². The molecule has 1 atom stereocenters. The van der Waals surface area contributed by atoms with Crippen LogP contribution >= 0.6 is 21.6 Å². The molecule has 0 amide bonds. The van der Waals surface area contributed by atoms with Crippen molar-refractivity contribution in [3.63, 3.8) is 0 Å². The van der Waals surface area contributed by atoms with Crippen molar-refractivity contribution >= 4 is 27.6 Å². The largest absolute Gasteiger partial charge is 0.465 e. The van der Waals surface area contributed by atoms with Crippen molar-refractivity contribution in [1.29, 1.82) is 0 Å². The van der Waals surface area contributed by atoms with Gasteiger partial charge in [-0.3, -0.25) is 4.79 Å². The van der Waals surface area contributed by atoms with Crippen molar-refractivity contribution in [3.8, 4) is 0 Å². The third kappa shape index (κ3) is 6.93. The lowest BCUT2D eigenvalue weighted by Crippen LogP contribution is -2.18. The van der Waals surface area contributed by atoms with Crippen LogP contribution in [0, 0.1) is 5.41 Å². The molecule has 4 heteroatoms. The van der Waals surface area contributed by atoms with Gasteiger partial charge in [0.25, 0.3) is 0 Å². The second kappa shape index (κ2) is 7.09. The number of hydrogen-bond donors (Lipinski definition) is 0. The Morgan fingerprint density at radius 2 is 2.06 bits per heavy atom. The summed E-state index contributed by atoms with van der Waals surface area (Å²) in [7, 11) is 4.00. The smallest absolute Gasteiger partial charge is 0.305 e.